The number of amides is 1. The smallest absolute Gasteiger partial charge is 0.257 e. The Kier molecular flexibility index (Phi) is 6.57. The number of hydrogen-bond acceptors (Lipinski definition) is 4. The third-order valence-electron chi connectivity index (χ3n) is 5.21. The number of aliphatic hydroxyl groups is 1. The van der Waals surface area contributed by atoms with Crippen molar-refractivity contribution in [1.29, 1.82) is 0 Å². The van der Waals surface area contributed by atoms with E-state index in [0.717, 1.165) is 25.7 Å². The molecule has 7 heteroatoms. The highest BCUT2D eigenvalue weighted by atomic mass is 19.1. The topological polar surface area (TPSA) is 84.2 Å². The minimum absolute atomic E-state index is 0.140. The van der Waals surface area contributed by atoms with Crippen molar-refractivity contribution in [2.24, 2.45) is 0 Å². The largest absolute Gasteiger partial charge is 0.396 e. The Morgan fingerprint density at radius 3 is 2.57 bits per heavy atom. The second kappa shape index (κ2) is 9.10. The first kappa shape index (κ1) is 20.2. The second-order valence-corrected chi connectivity index (χ2v) is 7.27. The van der Waals surface area contributed by atoms with Crippen molar-refractivity contribution in [3.8, 4) is 11.4 Å². The molecule has 1 aromatic heterocycles. The van der Waals surface area contributed by atoms with Gasteiger partial charge < -0.3 is 10.4 Å². The third kappa shape index (κ3) is 4.65. The number of halogens is 1. The summed E-state index contributed by atoms with van der Waals surface area (Å²) < 4.78 is 14.6. The maximum absolute atomic E-state index is 13.3. The molecule has 0 aliphatic heterocycles. The summed E-state index contributed by atoms with van der Waals surface area (Å²) in [6, 6.07) is 5.81. The van der Waals surface area contributed by atoms with E-state index >= 15 is 0 Å². The van der Waals surface area contributed by atoms with Crippen LogP contribution in [0, 0.1) is 12.7 Å². The molecule has 1 aliphatic rings. The van der Waals surface area contributed by atoms with Crippen LogP contribution < -0.4 is 10.9 Å². The van der Waals surface area contributed by atoms with Gasteiger partial charge in [0, 0.05) is 35.9 Å². The monoisotopic (exact) mass is 387 g/mol. The van der Waals surface area contributed by atoms with Gasteiger partial charge in [-0.05, 0) is 44.0 Å². The van der Waals surface area contributed by atoms with Gasteiger partial charge >= 0.3 is 0 Å². The molecule has 3 rings (SSSR count). The van der Waals surface area contributed by atoms with Gasteiger partial charge in [-0.25, -0.2) is 9.37 Å². The van der Waals surface area contributed by atoms with E-state index in [2.05, 4.69) is 10.3 Å². The molecule has 0 bridgehead atoms. The van der Waals surface area contributed by atoms with Crippen LogP contribution in [0.15, 0.2) is 29.1 Å². The number of aliphatic hydroxyl groups excluding tert-OH is 1. The summed E-state index contributed by atoms with van der Waals surface area (Å²) in [5.41, 5.74) is 1.10. The molecule has 2 N–H and O–H groups in total. The zero-order valence-electron chi connectivity index (χ0n) is 16.1. The summed E-state index contributed by atoms with van der Waals surface area (Å²) in [6.07, 6.45) is 5.45. The Bertz CT molecular complexity index is 887. The standard InChI is InChI=1S/C21H26FN3O3/c1-14-18(11-12-26)21(28)25(13-19(27)24-17-5-3-2-4-6-17)20(23-14)15-7-9-16(22)10-8-15/h7-10,17,26H,2-6,11-13H2,1H3,(H,24,27). The number of hydrogen-bond donors (Lipinski definition) is 2. The molecule has 28 heavy (non-hydrogen) atoms. The highest BCUT2D eigenvalue weighted by Crippen LogP contribution is 2.19. The molecule has 6 nitrogen and oxygen atoms in total. The summed E-state index contributed by atoms with van der Waals surface area (Å²) >= 11 is 0. The van der Waals surface area contributed by atoms with Gasteiger partial charge in [-0.3, -0.25) is 14.2 Å². The van der Waals surface area contributed by atoms with Gasteiger partial charge in [0.2, 0.25) is 5.91 Å². The number of nitrogens with zero attached hydrogens (tertiary/aromatic N) is 2. The van der Waals surface area contributed by atoms with E-state index in [1.54, 1.807) is 6.92 Å². The van der Waals surface area contributed by atoms with Gasteiger partial charge in [0.05, 0.1) is 0 Å². The molecule has 0 saturated heterocycles. The average molecular weight is 387 g/mol. The van der Waals surface area contributed by atoms with Gasteiger partial charge in [-0.2, -0.15) is 0 Å². The van der Waals surface area contributed by atoms with Gasteiger partial charge in [0.15, 0.2) is 0 Å². The van der Waals surface area contributed by atoms with Crippen LogP contribution in [0.2, 0.25) is 0 Å². The van der Waals surface area contributed by atoms with Crippen molar-refractivity contribution in [3.63, 3.8) is 0 Å². The lowest BCUT2D eigenvalue weighted by Gasteiger charge is -2.23. The molecule has 0 spiro atoms. The molecule has 1 saturated carbocycles. The predicted molar refractivity (Wildman–Crippen MR) is 104 cm³/mol. The fourth-order valence-corrected chi connectivity index (χ4v) is 3.73. The number of aryl methyl sites for hydroxylation is 1. The van der Waals surface area contributed by atoms with Crippen molar-refractivity contribution < 1.29 is 14.3 Å². The molecule has 1 amide bonds. The van der Waals surface area contributed by atoms with Gasteiger partial charge in [-0.1, -0.05) is 19.3 Å². The normalized spacial score (nSPS) is 14.8. The molecule has 150 valence electrons. The minimum Gasteiger partial charge on any atom is -0.396 e. The molecule has 0 unspecified atom stereocenters. The molecule has 1 heterocycles. The van der Waals surface area contributed by atoms with Crippen molar-refractivity contribution >= 4 is 5.91 Å². The number of carbonyl (C=O) groups is 1. The van der Waals surface area contributed by atoms with Crippen LogP contribution in [0.3, 0.4) is 0 Å². The molecule has 0 atom stereocenters. The molecule has 1 fully saturated rings. The first-order chi connectivity index (χ1) is 13.5. The van der Waals surface area contributed by atoms with Gasteiger partial charge in [-0.15, -0.1) is 0 Å². The van der Waals surface area contributed by atoms with E-state index in [4.69, 9.17) is 0 Å². The number of nitrogens with one attached hydrogen (secondary N) is 1. The molecular formula is C21H26FN3O3. The van der Waals surface area contributed by atoms with Crippen LogP contribution in [-0.4, -0.2) is 33.2 Å². The van der Waals surface area contributed by atoms with Crippen LogP contribution in [0.1, 0.15) is 43.4 Å². The third-order valence-corrected chi connectivity index (χ3v) is 5.21. The maximum Gasteiger partial charge on any atom is 0.257 e. The number of carbonyl (C=O) groups excluding carboxylic acids is 1. The van der Waals surface area contributed by atoms with E-state index in [9.17, 15) is 19.1 Å². The zero-order chi connectivity index (χ0) is 20.1. The highest BCUT2D eigenvalue weighted by Gasteiger charge is 2.20. The Hall–Kier alpha value is -2.54. The highest BCUT2D eigenvalue weighted by molar-refractivity contribution is 5.77. The van der Waals surface area contributed by atoms with Crippen LogP contribution in [0.4, 0.5) is 4.39 Å². The average Bonchev–Trinajstić information content (AvgIpc) is 2.68. The van der Waals surface area contributed by atoms with E-state index in [-0.39, 0.29) is 42.9 Å². The summed E-state index contributed by atoms with van der Waals surface area (Å²) in [6.45, 7) is 1.36. The Labute approximate surface area is 163 Å². The molecule has 0 radical (unpaired) electrons. The van der Waals surface area contributed by atoms with Crippen molar-refractivity contribution in [2.75, 3.05) is 6.61 Å². The van der Waals surface area contributed by atoms with Crippen LogP contribution in [0.5, 0.6) is 0 Å². The summed E-state index contributed by atoms with van der Waals surface area (Å²) in [5, 5.41) is 12.3. The Morgan fingerprint density at radius 1 is 1.25 bits per heavy atom. The number of benzene rings is 1. The minimum atomic E-state index is -0.388. The Morgan fingerprint density at radius 2 is 1.93 bits per heavy atom. The van der Waals surface area contributed by atoms with Crippen molar-refractivity contribution in [2.45, 2.75) is 58.0 Å². The SMILES string of the molecule is Cc1nc(-c2ccc(F)cc2)n(CC(=O)NC2CCCCC2)c(=O)c1CCO. The van der Waals surface area contributed by atoms with Crippen LogP contribution >= 0.6 is 0 Å². The van der Waals surface area contributed by atoms with Crippen LogP contribution in [-0.2, 0) is 17.8 Å². The lowest BCUT2D eigenvalue weighted by Crippen LogP contribution is -2.41. The summed E-state index contributed by atoms with van der Waals surface area (Å²) in [5.74, 6) is -0.303. The van der Waals surface area contributed by atoms with Crippen molar-refractivity contribution in [3.05, 3.63) is 51.7 Å². The molecular weight excluding hydrogens is 361 g/mol. The first-order valence-corrected chi connectivity index (χ1v) is 9.76. The lowest BCUT2D eigenvalue weighted by molar-refractivity contribution is -0.122. The van der Waals surface area contributed by atoms with Crippen molar-refractivity contribution in [1.82, 2.24) is 14.9 Å². The van der Waals surface area contributed by atoms with E-state index in [1.165, 1.54) is 35.3 Å². The fourth-order valence-electron chi connectivity index (χ4n) is 3.73. The second-order valence-electron chi connectivity index (χ2n) is 7.27. The fraction of sp³-hybridized carbons (Fsp3) is 0.476. The number of aromatic nitrogens is 2. The van der Waals surface area contributed by atoms with Crippen LogP contribution in [0.25, 0.3) is 11.4 Å². The molecule has 2 aromatic rings. The maximum atomic E-state index is 13.3. The lowest BCUT2D eigenvalue weighted by atomic mass is 9.95. The van der Waals surface area contributed by atoms with E-state index in [1.807, 2.05) is 0 Å². The predicted octanol–water partition coefficient (Wildman–Crippen LogP) is 2.34. The van der Waals surface area contributed by atoms with E-state index < -0.39 is 0 Å². The number of rotatable bonds is 6. The van der Waals surface area contributed by atoms with Gasteiger partial charge in [0.1, 0.15) is 18.2 Å². The zero-order valence-corrected chi connectivity index (χ0v) is 16.1. The quantitative estimate of drug-likeness (QED) is 0.797. The summed E-state index contributed by atoms with van der Waals surface area (Å²) in [7, 11) is 0. The van der Waals surface area contributed by atoms with E-state index in [0.29, 0.717) is 22.6 Å². The molecule has 1 aromatic carbocycles. The first-order valence-electron chi connectivity index (χ1n) is 9.76. The summed E-state index contributed by atoms with van der Waals surface area (Å²) in [4.78, 5) is 30.1. The Balaban J connectivity index is 1.96. The van der Waals surface area contributed by atoms with Gasteiger partial charge in [0.25, 0.3) is 5.56 Å². The molecule has 1 aliphatic carbocycles.